The molecule has 3 heteroatoms. The molecule has 0 aliphatic heterocycles. The maximum Gasteiger partial charge on any atom is 0.186 e. The van der Waals surface area contributed by atoms with Crippen LogP contribution in [0.3, 0.4) is 0 Å². The molecule has 1 unspecified atom stereocenters. The van der Waals surface area contributed by atoms with Gasteiger partial charge in [-0.3, -0.25) is 9.59 Å². The third-order valence-electron chi connectivity index (χ3n) is 2.23. The highest BCUT2D eigenvalue weighted by atomic mass is 32.2. The number of ketones is 1. The summed E-state index contributed by atoms with van der Waals surface area (Å²) in [6, 6.07) is 0. The molecule has 0 aromatic carbocycles. The number of hydrogen-bond donors (Lipinski definition) is 0. The third-order valence-corrected chi connectivity index (χ3v) is 3.30. The molecule has 0 heterocycles. The van der Waals surface area contributed by atoms with Gasteiger partial charge in [-0.1, -0.05) is 44.4 Å². The lowest BCUT2D eigenvalue weighted by molar-refractivity contribution is -0.117. The molecule has 0 rings (SSSR count). The van der Waals surface area contributed by atoms with Gasteiger partial charge in [-0.05, 0) is 13.3 Å². The standard InChI is InChI=1S/C12H22O2S/c1-4-5-6-7-8-12(9-10(2)13)15-11(3)14/h12H,4-9H2,1-3H3. The Kier molecular flexibility index (Phi) is 8.77. The van der Waals surface area contributed by atoms with Gasteiger partial charge < -0.3 is 0 Å². The average Bonchev–Trinajstić information content (AvgIpc) is 2.10. The van der Waals surface area contributed by atoms with Crippen LogP contribution in [0.25, 0.3) is 0 Å². The quantitative estimate of drug-likeness (QED) is 0.598. The van der Waals surface area contributed by atoms with E-state index < -0.39 is 0 Å². The lowest BCUT2D eigenvalue weighted by Gasteiger charge is -2.12. The van der Waals surface area contributed by atoms with Crippen LogP contribution in [0.1, 0.15) is 59.3 Å². The zero-order valence-corrected chi connectivity index (χ0v) is 10.9. The number of carbonyl (C=O) groups is 2. The van der Waals surface area contributed by atoms with Gasteiger partial charge in [-0.2, -0.15) is 0 Å². The van der Waals surface area contributed by atoms with E-state index in [1.165, 1.54) is 31.0 Å². The Bertz CT molecular complexity index is 186. The molecule has 0 bridgehead atoms. The highest BCUT2D eigenvalue weighted by Crippen LogP contribution is 2.22. The number of thioether (sulfide) groups is 1. The van der Waals surface area contributed by atoms with E-state index in [9.17, 15) is 9.59 Å². The molecule has 0 fully saturated rings. The van der Waals surface area contributed by atoms with Crippen molar-refractivity contribution in [2.45, 2.75) is 64.5 Å². The van der Waals surface area contributed by atoms with Crippen LogP contribution in [0, 0.1) is 0 Å². The van der Waals surface area contributed by atoms with Crippen LogP contribution in [0.2, 0.25) is 0 Å². The minimum absolute atomic E-state index is 0.122. The van der Waals surface area contributed by atoms with Crippen molar-refractivity contribution in [2.24, 2.45) is 0 Å². The molecular formula is C12H22O2S. The van der Waals surface area contributed by atoms with E-state index in [0.29, 0.717) is 6.42 Å². The second-order valence-electron chi connectivity index (χ2n) is 3.99. The minimum atomic E-state index is 0.122. The van der Waals surface area contributed by atoms with Crippen LogP contribution in [0.15, 0.2) is 0 Å². The molecular weight excluding hydrogens is 208 g/mol. The van der Waals surface area contributed by atoms with Gasteiger partial charge in [0.15, 0.2) is 5.12 Å². The molecule has 0 amide bonds. The van der Waals surface area contributed by atoms with Gasteiger partial charge in [0.1, 0.15) is 5.78 Å². The number of hydrogen-bond acceptors (Lipinski definition) is 3. The van der Waals surface area contributed by atoms with Crippen LogP contribution >= 0.6 is 11.8 Å². The highest BCUT2D eigenvalue weighted by Gasteiger charge is 2.13. The summed E-state index contributed by atoms with van der Waals surface area (Å²) in [6.45, 7) is 5.35. The van der Waals surface area contributed by atoms with Crippen LogP contribution in [0.4, 0.5) is 0 Å². The second kappa shape index (κ2) is 8.96. The minimum Gasteiger partial charge on any atom is -0.300 e. The molecule has 2 nitrogen and oxygen atoms in total. The van der Waals surface area contributed by atoms with E-state index in [2.05, 4.69) is 6.92 Å². The lowest BCUT2D eigenvalue weighted by atomic mass is 10.1. The first-order chi connectivity index (χ1) is 7.06. The maximum atomic E-state index is 11.0. The molecule has 0 saturated carbocycles. The van der Waals surface area contributed by atoms with Gasteiger partial charge in [0.05, 0.1) is 0 Å². The van der Waals surface area contributed by atoms with Crippen molar-refractivity contribution in [1.29, 1.82) is 0 Å². The molecule has 0 N–H and O–H groups in total. The summed E-state index contributed by atoms with van der Waals surface area (Å²) in [5, 5.41) is 0.327. The number of Topliss-reactive ketones (excluding diaryl/α,β-unsaturated/α-hetero) is 1. The van der Waals surface area contributed by atoms with Gasteiger partial charge in [0.2, 0.25) is 0 Å². The van der Waals surface area contributed by atoms with Gasteiger partial charge in [-0.25, -0.2) is 0 Å². The molecule has 0 aliphatic rings. The molecule has 88 valence electrons. The van der Waals surface area contributed by atoms with Gasteiger partial charge in [-0.15, -0.1) is 0 Å². The van der Waals surface area contributed by atoms with Crippen LogP contribution in [-0.2, 0) is 9.59 Å². The van der Waals surface area contributed by atoms with E-state index in [0.717, 1.165) is 12.8 Å². The zero-order valence-electron chi connectivity index (χ0n) is 10.0. The SMILES string of the molecule is CCCCCCC(CC(C)=O)SC(C)=O. The van der Waals surface area contributed by atoms with Crippen molar-refractivity contribution in [3.8, 4) is 0 Å². The first-order valence-electron chi connectivity index (χ1n) is 5.73. The Balaban J connectivity index is 3.79. The highest BCUT2D eigenvalue weighted by molar-refractivity contribution is 8.14. The van der Waals surface area contributed by atoms with E-state index in [4.69, 9.17) is 0 Å². The fraction of sp³-hybridized carbons (Fsp3) is 0.833. The van der Waals surface area contributed by atoms with Crippen LogP contribution < -0.4 is 0 Å². The molecule has 15 heavy (non-hydrogen) atoms. The summed E-state index contributed by atoms with van der Waals surface area (Å²) in [7, 11) is 0. The van der Waals surface area contributed by atoms with E-state index in [1.807, 2.05) is 0 Å². The Morgan fingerprint density at radius 3 is 2.27 bits per heavy atom. The monoisotopic (exact) mass is 230 g/mol. The summed E-state index contributed by atoms with van der Waals surface area (Å²) in [4.78, 5) is 22.0. The van der Waals surface area contributed by atoms with Crippen LogP contribution in [0.5, 0.6) is 0 Å². The summed E-state index contributed by atoms with van der Waals surface area (Å²) >= 11 is 1.33. The first-order valence-corrected chi connectivity index (χ1v) is 6.60. The van der Waals surface area contributed by atoms with Crippen molar-refractivity contribution in [3.63, 3.8) is 0 Å². The second-order valence-corrected chi connectivity index (χ2v) is 5.46. The number of rotatable bonds is 8. The summed E-state index contributed by atoms with van der Waals surface area (Å²) in [5.74, 6) is 0.184. The molecule has 0 saturated heterocycles. The largest absolute Gasteiger partial charge is 0.300 e. The molecule has 0 spiro atoms. The van der Waals surface area contributed by atoms with Gasteiger partial charge in [0.25, 0.3) is 0 Å². The average molecular weight is 230 g/mol. The predicted octanol–water partition coefficient (Wildman–Crippen LogP) is 3.58. The first kappa shape index (κ1) is 14.7. The van der Waals surface area contributed by atoms with E-state index in [1.54, 1.807) is 13.8 Å². The molecule has 0 radical (unpaired) electrons. The predicted molar refractivity (Wildman–Crippen MR) is 66.1 cm³/mol. The fourth-order valence-electron chi connectivity index (χ4n) is 1.56. The Labute approximate surface area is 97.2 Å². The fourth-order valence-corrected chi connectivity index (χ4v) is 2.63. The molecule has 0 aromatic rings. The maximum absolute atomic E-state index is 11.0. The Morgan fingerprint density at radius 2 is 1.80 bits per heavy atom. The summed E-state index contributed by atoms with van der Waals surface area (Å²) in [6.07, 6.45) is 6.34. The third kappa shape index (κ3) is 9.98. The van der Waals surface area contributed by atoms with Crippen molar-refractivity contribution >= 4 is 22.7 Å². The Hall–Kier alpha value is -0.310. The van der Waals surface area contributed by atoms with Crippen molar-refractivity contribution in [2.75, 3.05) is 0 Å². The summed E-state index contributed by atoms with van der Waals surface area (Å²) < 4.78 is 0. The molecule has 1 atom stereocenters. The van der Waals surface area contributed by atoms with Crippen molar-refractivity contribution < 1.29 is 9.59 Å². The Morgan fingerprint density at radius 1 is 1.13 bits per heavy atom. The van der Waals surface area contributed by atoms with Crippen molar-refractivity contribution in [3.05, 3.63) is 0 Å². The number of unbranched alkanes of at least 4 members (excludes halogenated alkanes) is 3. The van der Waals surface area contributed by atoms with E-state index >= 15 is 0 Å². The smallest absolute Gasteiger partial charge is 0.186 e. The zero-order chi connectivity index (χ0) is 11.7. The van der Waals surface area contributed by atoms with Gasteiger partial charge >= 0.3 is 0 Å². The normalized spacial score (nSPS) is 12.5. The number of carbonyl (C=O) groups excluding carboxylic acids is 2. The van der Waals surface area contributed by atoms with E-state index in [-0.39, 0.29) is 16.1 Å². The molecule has 0 aliphatic carbocycles. The lowest BCUT2D eigenvalue weighted by Crippen LogP contribution is -2.10. The van der Waals surface area contributed by atoms with Gasteiger partial charge in [0, 0.05) is 18.6 Å². The van der Waals surface area contributed by atoms with Crippen LogP contribution in [-0.4, -0.2) is 16.1 Å². The van der Waals surface area contributed by atoms with Crippen molar-refractivity contribution in [1.82, 2.24) is 0 Å². The molecule has 0 aromatic heterocycles. The summed E-state index contributed by atoms with van der Waals surface area (Å²) in [5.41, 5.74) is 0. The topological polar surface area (TPSA) is 34.1 Å².